The van der Waals surface area contributed by atoms with Gasteiger partial charge in [-0.25, -0.2) is 4.79 Å². The minimum absolute atomic E-state index is 0.0594. The lowest BCUT2D eigenvalue weighted by atomic mass is 10.2. The maximum Gasteiger partial charge on any atom is 0.349 e. The molecule has 0 spiro atoms. The van der Waals surface area contributed by atoms with Crippen molar-refractivity contribution in [3.8, 4) is 5.75 Å². The van der Waals surface area contributed by atoms with E-state index in [-0.39, 0.29) is 22.4 Å². The Morgan fingerprint density at radius 2 is 2.16 bits per heavy atom. The first-order valence-corrected chi connectivity index (χ1v) is 6.32. The number of carboxylic acid groups (broad SMARTS) is 1. The smallest absolute Gasteiger partial charge is 0.349 e. The van der Waals surface area contributed by atoms with Crippen LogP contribution in [0.1, 0.15) is 23.5 Å². The standard InChI is InChI=1S/C12H11NO5S/c1-6(2)18-10-8-5-7(13(16)17)3-4-9(8)19-11(10)12(14)15/h3-6H,1-2H3,(H,14,15). The lowest BCUT2D eigenvalue weighted by Gasteiger charge is -2.09. The normalized spacial score (nSPS) is 10.9. The fraction of sp³-hybridized carbons (Fsp3) is 0.250. The van der Waals surface area contributed by atoms with Crippen LogP contribution < -0.4 is 4.74 Å². The Bertz CT molecular complexity index is 661. The molecule has 0 unspecified atom stereocenters. The van der Waals surface area contributed by atoms with E-state index in [1.807, 2.05) is 0 Å². The summed E-state index contributed by atoms with van der Waals surface area (Å²) >= 11 is 1.05. The van der Waals surface area contributed by atoms with Crippen LogP contribution in [0.3, 0.4) is 0 Å². The van der Waals surface area contributed by atoms with Crippen molar-refractivity contribution in [3.05, 3.63) is 33.2 Å². The Labute approximate surface area is 112 Å². The molecule has 0 radical (unpaired) electrons. The van der Waals surface area contributed by atoms with Gasteiger partial charge in [-0.1, -0.05) is 0 Å². The summed E-state index contributed by atoms with van der Waals surface area (Å²) in [5, 5.41) is 20.4. The molecule has 0 atom stereocenters. The average molecular weight is 281 g/mol. The van der Waals surface area contributed by atoms with Crippen LogP contribution in [0.5, 0.6) is 5.75 Å². The Hall–Kier alpha value is -2.15. The predicted molar refractivity (Wildman–Crippen MR) is 71.2 cm³/mol. The van der Waals surface area contributed by atoms with Crippen LogP contribution in [0.15, 0.2) is 18.2 Å². The molecule has 0 fully saturated rings. The molecular formula is C12H11NO5S. The number of carboxylic acids is 1. The highest BCUT2D eigenvalue weighted by Crippen LogP contribution is 2.40. The molecule has 7 heteroatoms. The van der Waals surface area contributed by atoms with Crippen LogP contribution in [-0.4, -0.2) is 22.1 Å². The van der Waals surface area contributed by atoms with E-state index in [1.54, 1.807) is 13.8 Å². The Morgan fingerprint density at radius 1 is 1.47 bits per heavy atom. The molecule has 2 rings (SSSR count). The molecule has 2 aromatic rings. The summed E-state index contributed by atoms with van der Waals surface area (Å²) in [7, 11) is 0. The number of hydrogen-bond donors (Lipinski definition) is 1. The van der Waals surface area contributed by atoms with Crippen molar-refractivity contribution < 1.29 is 19.6 Å². The van der Waals surface area contributed by atoms with Crippen molar-refractivity contribution in [1.82, 2.24) is 0 Å². The van der Waals surface area contributed by atoms with E-state index in [2.05, 4.69) is 0 Å². The Morgan fingerprint density at radius 3 is 2.68 bits per heavy atom. The molecule has 0 bridgehead atoms. The van der Waals surface area contributed by atoms with Crippen LogP contribution in [0.2, 0.25) is 0 Å². The highest BCUT2D eigenvalue weighted by Gasteiger charge is 2.22. The number of nitro benzene ring substituents is 1. The second-order valence-electron chi connectivity index (χ2n) is 4.17. The number of ether oxygens (including phenoxy) is 1. The number of fused-ring (bicyclic) bond motifs is 1. The number of thiophene rings is 1. The van der Waals surface area contributed by atoms with Crippen LogP contribution in [0.4, 0.5) is 5.69 Å². The van der Waals surface area contributed by atoms with Crippen molar-refractivity contribution in [2.45, 2.75) is 20.0 Å². The number of rotatable bonds is 4. The summed E-state index contributed by atoms with van der Waals surface area (Å²) in [6.45, 7) is 3.54. The van der Waals surface area contributed by atoms with Gasteiger partial charge in [-0.15, -0.1) is 11.3 Å². The summed E-state index contributed by atoms with van der Waals surface area (Å²) in [5.41, 5.74) is -0.0872. The molecule has 1 aromatic heterocycles. The number of hydrogen-bond acceptors (Lipinski definition) is 5. The average Bonchev–Trinajstić information content (AvgIpc) is 2.66. The fourth-order valence-corrected chi connectivity index (χ4v) is 2.63. The number of aromatic carboxylic acids is 1. The summed E-state index contributed by atoms with van der Waals surface area (Å²) in [5.74, 6) is -0.897. The number of benzene rings is 1. The monoisotopic (exact) mass is 281 g/mol. The predicted octanol–water partition coefficient (Wildman–Crippen LogP) is 3.29. The fourth-order valence-electron chi connectivity index (χ4n) is 1.67. The van der Waals surface area contributed by atoms with Gasteiger partial charge in [0.2, 0.25) is 0 Å². The Kier molecular flexibility index (Phi) is 3.39. The van der Waals surface area contributed by atoms with E-state index in [4.69, 9.17) is 9.84 Å². The maximum atomic E-state index is 11.2. The number of nitrogens with zero attached hydrogens (tertiary/aromatic N) is 1. The number of nitro groups is 1. The van der Waals surface area contributed by atoms with Gasteiger partial charge in [-0.2, -0.15) is 0 Å². The first-order valence-electron chi connectivity index (χ1n) is 5.51. The van der Waals surface area contributed by atoms with E-state index in [0.717, 1.165) is 11.3 Å². The largest absolute Gasteiger partial charge is 0.489 e. The summed E-state index contributed by atoms with van der Waals surface area (Å²) in [4.78, 5) is 21.5. The van der Waals surface area contributed by atoms with Gasteiger partial charge in [-0.05, 0) is 19.9 Å². The van der Waals surface area contributed by atoms with Gasteiger partial charge in [0.15, 0.2) is 10.6 Å². The first kappa shape index (κ1) is 13.3. The topological polar surface area (TPSA) is 89.7 Å². The van der Waals surface area contributed by atoms with Crippen LogP contribution in [-0.2, 0) is 0 Å². The Balaban J connectivity index is 2.69. The highest BCUT2D eigenvalue weighted by atomic mass is 32.1. The zero-order valence-electron chi connectivity index (χ0n) is 10.2. The van der Waals surface area contributed by atoms with Gasteiger partial charge in [-0.3, -0.25) is 10.1 Å². The second-order valence-corrected chi connectivity index (χ2v) is 5.22. The van der Waals surface area contributed by atoms with Crippen molar-refractivity contribution in [3.63, 3.8) is 0 Å². The minimum atomic E-state index is -1.10. The molecule has 0 saturated heterocycles. The van der Waals surface area contributed by atoms with Gasteiger partial charge in [0, 0.05) is 22.2 Å². The highest BCUT2D eigenvalue weighted by molar-refractivity contribution is 7.21. The molecular weight excluding hydrogens is 270 g/mol. The van der Waals surface area contributed by atoms with Crippen molar-refractivity contribution in [2.75, 3.05) is 0 Å². The van der Waals surface area contributed by atoms with E-state index in [1.165, 1.54) is 18.2 Å². The minimum Gasteiger partial charge on any atom is -0.489 e. The third kappa shape index (κ3) is 2.50. The summed E-state index contributed by atoms with van der Waals surface area (Å²) in [6, 6.07) is 4.23. The van der Waals surface area contributed by atoms with E-state index >= 15 is 0 Å². The molecule has 0 aliphatic heterocycles. The van der Waals surface area contributed by atoms with E-state index in [9.17, 15) is 14.9 Å². The maximum absolute atomic E-state index is 11.2. The number of carbonyl (C=O) groups is 1. The van der Waals surface area contributed by atoms with Crippen LogP contribution >= 0.6 is 11.3 Å². The second kappa shape index (κ2) is 4.85. The molecule has 19 heavy (non-hydrogen) atoms. The molecule has 6 nitrogen and oxygen atoms in total. The van der Waals surface area contributed by atoms with Crippen molar-refractivity contribution in [1.29, 1.82) is 0 Å². The summed E-state index contributed by atoms with van der Waals surface area (Å²) < 4.78 is 6.15. The quantitative estimate of drug-likeness (QED) is 0.686. The number of non-ortho nitro benzene ring substituents is 1. The lowest BCUT2D eigenvalue weighted by Crippen LogP contribution is -2.08. The molecule has 1 heterocycles. The van der Waals surface area contributed by atoms with Crippen LogP contribution in [0.25, 0.3) is 10.1 Å². The third-order valence-electron chi connectivity index (χ3n) is 2.38. The van der Waals surface area contributed by atoms with Gasteiger partial charge in [0.1, 0.15) is 0 Å². The molecule has 100 valence electrons. The zero-order valence-corrected chi connectivity index (χ0v) is 11.1. The molecule has 1 N–H and O–H groups in total. The first-order chi connectivity index (χ1) is 8.90. The van der Waals surface area contributed by atoms with Crippen molar-refractivity contribution in [2.24, 2.45) is 0 Å². The van der Waals surface area contributed by atoms with Crippen LogP contribution in [0, 0.1) is 10.1 Å². The molecule has 0 amide bonds. The molecule has 0 saturated carbocycles. The third-order valence-corrected chi connectivity index (χ3v) is 3.52. The van der Waals surface area contributed by atoms with E-state index < -0.39 is 10.9 Å². The molecule has 0 aliphatic carbocycles. The molecule has 0 aliphatic rings. The van der Waals surface area contributed by atoms with E-state index in [0.29, 0.717) is 10.1 Å². The van der Waals surface area contributed by atoms with Crippen molar-refractivity contribution >= 4 is 33.1 Å². The molecule has 1 aromatic carbocycles. The van der Waals surface area contributed by atoms with Gasteiger partial charge >= 0.3 is 5.97 Å². The zero-order chi connectivity index (χ0) is 14.2. The summed E-state index contributed by atoms with van der Waals surface area (Å²) in [6.07, 6.45) is -0.213. The lowest BCUT2D eigenvalue weighted by molar-refractivity contribution is -0.384. The van der Waals surface area contributed by atoms with Gasteiger partial charge in [0.25, 0.3) is 5.69 Å². The van der Waals surface area contributed by atoms with Gasteiger partial charge in [0.05, 0.1) is 11.0 Å². The van der Waals surface area contributed by atoms with Gasteiger partial charge < -0.3 is 9.84 Å². The SMILES string of the molecule is CC(C)Oc1c(C(=O)O)sc2ccc([N+](=O)[O-])cc12.